The van der Waals surface area contributed by atoms with E-state index in [1.807, 2.05) is 84.9 Å². The first-order chi connectivity index (χ1) is 25.7. The monoisotopic (exact) mass is 668 g/mol. The maximum absolute atomic E-state index is 6.11. The fraction of sp³-hybridized carbons (Fsp3) is 0. The highest BCUT2D eigenvalue weighted by atomic mass is 16.3. The number of fused-ring (bicyclic) bond motifs is 4. The molecule has 52 heavy (non-hydrogen) atoms. The van der Waals surface area contributed by atoms with Crippen LogP contribution in [-0.2, 0) is 0 Å². The van der Waals surface area contributed by atoms with Crippen LogP contribution in [0, 0.1) is 0 Å². The molecule has 0 N–H and O–H groups in total. The average molecular weight is 669 g/mol. The zero-order valence-electron chi connectivity index (χ0n) is 27.8. The molecular weight excluding hydrogens is 641 g/mol. The molecule has 0 bridgehead atoms. The number of hydrogen-bond donors (Lipinski definition) is 0. The molecule has 0 fully saturated rings. The summed E-state index contributed by atoms with van der Waals surface area (Å²) in [6.07, 6.45) is 0. The third-order valence-electron chi connectivity index (χ3n) is 9.41. The van der Waals surface area contributed by atoms with Gasteiger partial charge in [-0.05, 0) is 70.8 Å². The molecule has 0 unspecified atom stereocenters. The molecule has 0 aliphatic carbocycles. The number of benzene rings is 7. The third kappa shape index (κ3) is 5.39. The summed E-state index contributed by atoms with van der Waals surface area (Å²) in [7, 11) is 0. The van der Waals surface area contributed by atoms with Crippen molar-refractivity contribution in [2.24, 2.45) is 0 Å². The van der Waals surface area contributed by atoms with Gasteiger partial charge in [-0.2, -0.15) is 0 Å². The standard InChI is InChI=1S/C46H28N4O2/c1-3-9-29(10-4-1)30-15-19-32(20-16-30)43-48-44(50-45(49-43)36-24-25-41-38(27-36)37-13-7-8-14-40(37)51-41)33-21-17-31(18-22-33)35-23-26-42-39(28-35)47-46(52-42)34-11-5-2-6-12-34/h1-28H. The van der Waals surface area contributed by atoms with Gasteiger partial charge in [-0.15, -0.1) is 0 Å². The van der Waals surface area contributed by atoms with Crippen molar-refractivity contribution >= 4 is 33.0 Å². The number of furan rings is 1. The number of rotatable bonds is 6. The summed E-state index contributed by atoms with van der Waals surface area (Å²) in [5.41, 5.74) is 11.3. The van der Waals surface area contributed by atoms with Gasteiger partial charge in [0.05, 0.1) is 0 Å². The van der Waals surface area contributed by atoms with Crippen LogP contribution < -0.4 is 0 Å². The Balaban J connectivity index is 1.04. The summed E-state index contributed by atoms with van der Waals surface area (Å²) in [6, 6.07) is 57.3. The predicted molar refractivity (Wildman–Crippen MR) is 207 cm³/mol. The molecule has 0 spiro atoms. The first-order valence-electron chi connectivity index (χ1n) is 17.1. The van der Waals surface area contributed by atoms with Crippen molar-refractivity contribution in [1.82, 2.24) is 19.9 Å². The second kappa shape index (κ2) is 12.3. The largest absolute Gasteiger partial charge is 0.456 e. The van der Waals surface area contributed by atoms with Crippen LogP contribution in [0.25, 0.3) is 101 Å². The number of aromatic nitrogens is 4. The van der Waals surface area contributed by atoms with Crippen molar-refractivity contribution in [1.29, 1.82) is 0 Å². The Morgan fingerprint density at radius 2 is 0.769 bits per heavy atom. The van der Waals surface area contributed by atoms with Crippen LogP contribution in [0.2, 0.25) is 0 Å². The van der Waals surface area contributed by atoms with Gasteiger partial charge in [0, 0.05) is 33.0 Å². The van der Waals surface area contributed by atoms with Gasteiger partial charge in [0.25, 0.3) is 0 Å². The molecular formula is C46H28N4O2. The Morgan fingerprint density at radius 1 is 0.288 bits per heavy atom. The Hall–Kier alpha value is -7.18. The van der Waals surface area contributed by atoms with E-state index in [9.17, 15) is 0 Å². The minimum atomic E-state index is 0.592. The van der Waals surface area contributed by atoms with Gasteiger partial charge >= 0.3 is 0 Å². The van der Waals surface area contributed by atoms with Crippen LogP contribution in [0.1, 0.15) is 0 Å². The van der Waals surface area contributed by atoms with E-state index in [2.05, 4.69) is 84.9 Å². The van der Waals surface area contributed by atoms with Crippen LogP contribution in [0.15, 0.2) is 179 Å². The van der Waals surface area contributed by atoms with Crippen LogP contribution in [0.5, 0.6) is 0 Å². The number of nitrogens with zero attached hydrogens (tertiary/aromatic N) is 4. The Morgan fingerprint density at radius 3 is 1.46 bits per heavy atom. The van der Waals surface area contributed by atoms with Crippen molar-refractivity contribution in [2.45, 2.75) is 0 Å². The molecule has 0 radical (unpaired) electrons. The minimum absolute atomic E-state index is 0.592. The van der Waals surface area contributed by atoms with Crippen molar-refractivity contribution in [3.05, 3.63) is 170 Å². The second-order valence-corrected chi connectivity index (χ2v) is 12.7. The maximum Gasteiger partial charge on any atom is 0.227 e. The van der Waals surface area contributed by atoms with E-state index in [1.54, 1.807) is 0 Å². The molecule has 6 heteroatoms. The van der Waals surface area contributed by atoms with Crippen LogP contribution in [0.4, 0.5) is 0 Å². The number of hydrogen-bond acceptors (Lipinski definition) is 6. The van der Waals surface area contributed by atoms with Gasteiger partial charge in [0.2, 0.25) is 5.89 Å². The zero-order valence-corrected chi connectivity index (χ0v) is 27.8. The van der Waals surface area contributed by atoms with Crippen molar-refractivity contribution in [3.8, 4) is 67.9 Å². The first kappa shape index (κ1) is 29.7. The third-order valence-corrected chi connectivity index (χ3v) is 9.41. The summed E-state index contributed by atoms with van der Waals surface area (Å²) in [5.74, 6) is 2.40. The SMILES string of the molecule is c1ccc(-c2ccc(-c3nc(-c4ccc(-c5ccc6oc(-c7ccccc7)nc6c5)cc4)nc(-c4ccc5oc6ccccc6c5c4)n3)cc2)cc1. The quantitative estimate of drug-likeness (QED) is 0.175. The van der Waals surface area contributed by atoms with Gasteiger partial charge in [-0.25, -0.2) is 19.9 Å². The number of para-hydroxylation sites is 1. The van der Waals surface area contributed by atoms with Crippen molar-refractivity contribution in [2.75, 3.05) is 0 Å². The zero-order chi connectivity index (χ0) is 34.4. The maximum atomic E-state index is 6.11. The second-order valence-electron chi connectivity index (χ2n) is 12.7. The molecule has 6 nitrogen and oxygen atoms in total. The Labute approximate surface area is 298 Å². The molecule has 10 aromatic rings. The molecule has 0 amide bonds. The van der Waals surface area contributed by atoms with Gasteiger partial charge in [-0.1, -0.05) is 121 Å². The highest BCUT2D eigenvalue weighted by Crippen LogP contribution is 2.34. The van der Waals surface area contributed by atoms with Crippen LogP contribution in [0.3, 0.4) is 0 Å². The smallest absolute Gasteiger partial charge is 0.227 e. The molecule has 3 aromatic heterocycles. The topological polar surface area (TPSA) is 77.8 Å². The van der Waals surface area contributed by atoms with E-state index < -0.39 is 0 Å². The summed E-state index contributed by atoms with van der Waals surface area (Å²) in [5, 5.41) is 2.08. The molecule has 0 atom stereocenters. The van der Waals surface area contributed by atoms with Gasteiger partial charge < -0.3 is 8.83 Å². The average Bonchev–Trinajstić information content (AvgIpc) is 3.83. The molecule has 244 valence electrons. The summed E-state index contributed by atoms with van der Waals surface area (Å²) in [6.45, 7) is 0. The van der Waals surface area contributed by atoms with Crippen LogP contribution >= 0.6 is 0 Å². The lowest BCUT2D eigenvalue weighted by molar-refractivity contribution is 0.620. The van der Waals surface area contributed by atoms with E-state index >= 15 is 0 Å². The molecule has 0 saturated carbocycles. The lowest BCUT2D eigenvalue weighted by atomic mass is 10.0. The number of oxazole rings is 1. The van der Waals surface area contributed by atoms with Crippen molar-refractivity contribution in [3.63, 3.8) is 0 Å². The van der Waals surface area contributed by atoms with Crippen LogP contribution in [-0.4, -0.2) is 19.9 Å². The lowest BCUT2D eigenvalue weighted by Gasteiger charge is -2.10. The summed E-state index contributed by atoms with van der Waals surface area (Å²) >= 11 is 0. The molecule has 10 rings (SSSR count). The summed E-state index contributed by atoms with van der Waals surface area (Å²) in [4.78, 5) is 19.8. The first-order valence-corrected chi connectivity index (χ1v) is 17.1. The fourth-order valence-corrected chi connectivity index (χ4v) is 6.69. The predicted octanol–water partition coefficient (Wildman–Crippen LogP) is 11.9. The van der Waals surface area contributed by atoms with Gasteiger partial charge in [-0.3, -0.25) is 0 Å². The lowest BCUT2D eigenvalue weighted by Crippen LogP contribution is -2.00. The highest BCUT2D eigenvalue weighted by Gasteiger charge is 2.16. The molecule has 0 saturated heterocycles. The van der Waals surface area contributed by atoms with Crippen molar-refractivity contribution < 1.29 is 8.83 Å². The Bertz CT molecular complexity index is 2880. The molecule has 7 aromatic carbocycles. The van der Waals surface area contributed by atoms with Gasteiger partial charge in [0.1, 0.15) is 16.7 Å². The van der Waals surface area contributed by atoms with E-state index in [4.69, 9.17) is 28.8 Å². The normalized spacial score (nSPS) is 11.5. The molecule has 0 aliphatic heterocycles. The minimum Gasteiger partial charge on any atom is -0.456 e. The van der Waals surface area contributed by atoms with E-state index in [1.165, 1.54) is 0 Å². The summed E-state index contributed by atoms with van der Waals surface area (Å²) < 4.78 is 12.2. The van der Waals surface area contributed by atoms with E-state index in [0.29, 0.717) is 23.4 Å². The molecule has 3 heterocycles. The van der Waals surface area contributed by atoms with Gasteiger partial charge in [0.15, 0.2) is 23.1 Å². The molecule has 0 aliphatic rings. The van der Waals surface area contributed by atoms with E-state index in [0.717, 1.165) is 77.5 Å². The van der Waals surface area contributed by atoms with E-state index in [-0.39, 0.29) is 0 Å². The Kier molecular flexibility index (Phi) is 7.03. The highest BCUT2D eigenvalue weighted by molar-refractivity contribution is 6.06. The fourth-order valence-electron chi connectivity index (χ4n) is 6.69.